The normalized spacial score (nSPS) is 17.7. The first-order valence-corrected chi connectivity index (χ1v) is 9.35. The van der Waals surface area contributed by atoms with Crippen LogP contribution in [-0.2, 0) is 6.54 Å². The van der Waals surface area contributed by atoms with E-state index in [2.05, 4.69) is 35.3 Å². The molecule has 2 aromatic rings. The van der Waals surface area contributed by atoms with Crippen LogP contribution in [-0.4, -0.2) is 32.5 Å². The number of pyridine rings is 1. The Kier molecular flexibility index (Phi) is 5.85. The van der Waals surface area contributed by atoms with Crippen molar-refractivity contribution in [3.05, 3.63) is 24.0 Å². The second-order valence-electron chi connectivity index (χ2n) is 7.34. The fraction of sp³-hybridized carbons (Fsp3) is 0.684. The predicted molar refractivity (Wildman–Crippen MR) is 96.8 cm³/mol. The Morgan fingerprint density at radius 2 is 2.04 bits per heavy atom. The zero-order valence-corrected chi connectivity index (χ0v) is 14.9. The van der Waals surface area contributed by atoms with Crippen LogP contribution in [0.4, 0.5) is 0 Å². The minimum Gasteiger partial charge on any atom is -0.396 e. The Balaban J connectivity index is 1.66. The van der Waals surface area contributed by atoms with E-state index in [1.165, 1.54) is 37.7 Å². The summed E-state index contributed by atoms with van der Waals surface area (Å²) in [6.45, 7) is 5.30. The summed E-state index contributed by atoms with van der Waals surface area (Å²) in [5.74, 6) is 0.700. The van der Waals surface area contributed by atoms with E-state index in [9.17, 15) is 5.11 Å². The fourth-order valence-electron chi connectivity index (χ4n) is 3.89. The highest BCUT2D eigenvalue weighted by Crippen LogP contribution is 2.28. The number of nitrogens with zero attached hydrogens (tertiary/aromatic N) is 3. The van der Waals surface area contributed by atoms with E-state index in [0.717, 1.165) is 24.0 Å². The lowest BCUT2D eigenvalue weighted by molar-refractivity contribution is 0.205. The molecule has 24 heavy (non-hydrogen) atoms. The lowest BCUT2D eigenvalue weighted by Crippen LogP contribution is -2.37. The van der Waals surface area contributed by atoms with Crippen LogP contribution in [0.2, 0.25) is 0 Å². The first kappa shape index (κ1) is 17.4. The van der Waals surface area contributed by atoms with Gasteiger partial charge in [-0.1, -0.05) is 19.3 Å². The molecule has 2 aromatic heterocycles. The number of aliphatic hydroxyl groups is 1. The minimum atomic E-state index is 0.257. The largest absolute Gasteiger partial charge is 0.396 e. The van der Waals surface area contributed by atoms with Crippen molar-refractivity contribution in [1.29, 1.82) is 0 Å². The van der Waals surface area contributed by atoms with Gasteiger partial charge in [-0.2, -0.15) is 5.10 Å². The van der Waals surface area contributed by atoms with E-state index < -0.39 is 0 Å². The molecule has 0 aromatic carbocycles. The minimum absolute atomic E-state index is 0.257. The van der Waals surface area contributed by atoms with Crippen molar-refractivity contribution in [1.82, 2.24) is 20.1 Å². The molecule has 0 radical (unpaired) electrons. The molecule has 1 saturated carbocycles. The first-order valence-electron chi connectivity index (χ1n) is 9.35. The molecule has 1 aliphatic rings. The monoisotopic (exact) mass is 330 g/mol. The van der Waals surface area contributed by atoms with Crippen molar-refractivity contribution >= 4 is 11.0 Å². The number of fused-ring (bicyclic) bond motifs is 1. The van der Waals surface area contributed by atoms with Gasteiger partial charge in [0.05, 0.1) is 6.20 Å². The van der Waals surface area contributed by atoms with E-state index in [-0.39, 0.29) is 6.61 Å². The number of aromatic nitrogens is 3. The van der Waals surface area contributed by atoms with Crippen molar-refractivity contribution in [3.8, 4) is 0 Å². The quantitative estimate of drug-likeness (QED) is 0.816. The maximum Gasteiger partial charge on any atom is 0.157 e. The van der Waals surface area contributed by atoms with Gasteiger partial charge in [0, 0.05) is 36.8 Å². The van der Waals surface area contributed by atoms with Crippen LogP contribution in [0.25, 0.3) is 11.0 Å². The molecular weight excluding hydrogens is 300 g/mol. The van der Waals surface area contributed by atoms with Crippen LogP contribution in [0.15, 0.2) is 18.5 Å². The van der Waals surface area contributed by atoms with Gasteiger partial charge in [0.1, 0.15) is 0 Å². The first-order chi connectivity index (χ1) is 11.7. The van der Waals surface area contributed by atoms with E-state index in [1.54, 1.807) is 0 Å². The van der Waals surface area contributed by atoms with Gasteiger partial charge in [-0.3, -0.25) is 0 Å². The molecule has 0 spiro atoms. The summed E-state index contributed by atoms with van der Waals surface area (Å²) in [5, 5.41) is 18.6. The summed E-state index contributed by atoms with van der Waals surface area (Å²) < 4.78 is 1.96. The van der Waals surface area contributed by atoms with Crippen LogP contribution in [0.1, 0.15) is 64.0 Å². The summed E-state index contributed by atoms with van der Waals surface area (Å²) in [7, 11) is 0. The molecule has 0 aliphatic heterocycles. The highest BCUT2D eigenvalue weighted by Gasteiger charge is 2.22. The van der Waals surface area contributed by atoms with Gasteiger partial charge in [-0.25, -0.2) is 9.67 Å². The lowest BCUT2D eigenvalue weighted by atomic mass is 9.82. The molecule has 5 nitrogen and oxygen atoms in total. The Morgan fingerprint density at radius 3 is 2.75 bits per heavy atom. The summed E-state index contributed by atoms with van der Waals surface area (Å²) in [6, 6.07) is 2.90. The molecule has 1 fully saturated rings. The molecule has 0 amide bonds. The molecule has 1 unspecified atom stereocenters. The van der Waals surface area contributed by atoms with Gasteiger partial charge >= 0.3 is 0 Å². The van der Waals surface area contributed by atoms with E-state index in [0.29, 0.717) is 18.0 Å². The number of hydrogen-bond acceptors (Lipinski definition) is 4. The zero-order valence-electron chi connectivity index (χ0n) is 14.9. The Hall–Kier alpha value is -1.46. The zero-order chi connectivity index (χ0) is 16.9. The van der Waals surface area contributed by atoms with Crippen LogP contribution in [0.3, 0.4) is 0 Å². The van der Waals surface area contributed by atoms with Crippen molar-refractivity contribution in [2.75, 3.05) is 6.61 Å². The Morgan fingerprint density at radius 1 is 1.25 bits per heavy atom. The van der Waals surface area contributed by atoms with Crippen LogP contribution >= 0.6 is 0 Å². The van der Waals surface area contributed by atoms with Crippen LogP contribution in [0, 0.1) is 5.92 Å². The molecule has 5 heteroatoms. The van der Waals surface area contributed by atoms with Crippen LogP contribution in [0.5, 0.6) is 0 Å². The number of hydrogen-bond donors (Lipinski definition) is 2. The standard InChI is InChI=1S/C19H30N4O/c1-14(2)23-19-17(13-22-23)10-15(12-21-19)11-20-18(8-9-24)16-6-4-3-5-7-16/h10,12-14,16,18,20,24H,3-9,11H2,1-2H3. The van der Waals surface area contributed by atoms with Crippen LogP contribution < -0.4 is 5.32 Å². The van der Waals surface area contributed by atoms with Gasteiger partial charge in [-0.15, -0.1) is 0 Å². The third kappa shape index (κ3) is 3.95. The average Bonchev–Trinajstić information content (AvgIpc) is 3.03. The smallest absolute Gasteiger partial charge is 0.157 e. The summed E-state index contributed by atoms with van der Waals surface area (Å²) in [4.78, 5) is 4.61. The number of rotatable bonds is 7. The molecule has 3 rings (SSSR count). The molecule has 2 heterocycles. The molecule has 0 bridgehead atoms. The van der Waals surface area contributed by atoms with Gasteiger partial charge < -0.3 is 10.4 Å². The molecule has 1 atom stereocenters. The van der Waals surface area contributed by atoms with Gasteiger partial charge in [0.15, 0.2) is 5.65 Å². The second kappa shape index (κ2) is 8.08. The molecule has 132 valence electrons. The SMILES string of the molecule is CC(C)n1ncc2cc(CNC(CCO)C3CCCCC3)cnc21. The maximum atomic E-state index is 9.40. The van der Waals surface area contributed by atoms with E-state index in [1.807, 2.05) is 17.1 Å². The summed E-state index contributed by atoms with van der Waals surface area (Å²) in [5.41, 5.74) is 2.14. The molecule has 2 N–H and O–H groups in total. The van der Waals surface area contributed by atoms with Gasteiger partial charge in [0.2, 0.25) is 0 Å². The van der Waals surface area contributed by atoms with Crippen molar-refractivity contribution in [3.63, 3.8) is 0 Å². The predicted octanol–water partition coefficient (Wildman–Crippen LogP) is 3.43. The third-order valence-corrected chi connectivity index (χ3v) is 5.21. The van der Waals surface area contributed by atoms with E-state index in [4.69, 9.17) is 0 Å². The fourth-order valence-corrected chi connectivity index (χ4v) is 3.89. The molecule has 0 saturated heterocycles. The Labute approximate surface area is 144 Å². The van der Waals surface area contributed by atoms with Crippen molar-refractivity contribution < 1.29 is 5.11 Å². The lowest BCUT2D eigenvalue weighted by Gasteiger charge is -2.30. The number of nitrogens with one attached hydrogen (secondary N) is 1. The van der Waals surface area contributed by atoms with E-state index >= 15 is 0 Å². The highest BCUT2D eigenvalue weighted by atomic mass is 16.3. The third-order valence-electron chi connectivity index (χ3n) is 5.21. The van der Waals surface area contributed by atoms with Gasteiger partial charge in [-0.05, 0) is 50.7 Å². The molecule has 1 aliphatic carbocycles. The second-order valence-corrected chi connectivity index (χ2v) is 7.34. The van der Waals surface area contributed by atoms with Crippen molar-refractivity contribution in [2.24, 2.45) is 5.92 Å². The molecular formula is C19H30N4O. The topological polar surface area (TPSA) is 63.0 Å². The summed E-state index contributed by atoms with van der Waals surface area (Å²) in [6.07, 6.45) is 11.3. The number of aliphatic hydroxyl groups excluding tert-OH is 1. The maximum absolute atomic E-state index is 9.40. The summed E-state index contributed by atoms with van der Waals surface area (Å²) >= 11 is 0. The van der Waals surface area contributed by atoms with Crippen molar-refractivity contribution in [2.45, 2.75) is 71.0 Å². The van der Waals surface area contributed by atoms with Gasteiger partial charge in [0.25, 0.3) is 0 Å². The Bertz CT molecular complexity index is 646. The average molecular weight is 330 g/mol. The highest BCUT2D eigenvalue weighted by molar-refractivity contribution is 5.75.